The van der Waals surface area contributed by atoms with Crippen LogP contribution in [0.1, 0.15) is 20.3 Å². The molecule has 0 aliphatic heterocycles. The van der Waals surface area contributed by atoms with E-state index in [-0.39, 0.29) is 24.8 Å². The lowest BCUT2D eigenvalue weighted by Crippen LogP contribution is -2.37. The van der Waals surface area contributed by atoms with Crippen molar-refractivity contribution in [2.24, 2.45) is 5.92 Å². The number of ether oxygens (including phenoxy) is 1. The number of carboxylic acids is 1. The van der Waals surface area contributed by atoms with Gasteiger partial charge in [0.05, 0.1) is 18.9 Å². The molecule has 0 aromatic heterocycles. The molecule has 1 N–H and O–H groups in total. The molecule has 5 heteroatoms. The zero-order valence-corrected chi connectivity index (χ0v) is 9.52. The summed E-state index contributed by atoms with van der Waals surface area (Å²) in [6.45, 7) is 4.76. The fraction of sp³-hybridized carbons (Fsp3) is 0.800. The normalized spacial score (nSPS) is 12.2. The van der Waals surface area contributed by atoms with Gasteiger partial charge in [0.25, 0.3) is 0 Å². The van der Waals surface area contributed by atoms with Crippen LogP contribution in [0.4, 0.5) is 0 Å². The van der Waals surface area contributed by atoms with Gasteiger partial charge in [-0.05, 0) is 6.92 Å². The minimum absolute atomic E-state index is 0.0146. The van der Waals surface area contributed by atoms with Crippen LogP contribution in [0.15, 0.2) is 0 Å². The molecule has 1 amide bonds. The van der Waals surface area contributed by atoms with E-state index in [0.29, 0.717) is 13.2 Å². The van der Waals surface area contributed by atoms with Crippen molar-refractivity contribution in [1.29, 1.82) is 0 Å². The van der Waals surface area contributed by atoms with E-state index in [1.54, 1.807) is 6.92 Å². The van der Waals surface area contributed by atoms with E-state index in [0.717, 1.165) is 0 Å². The number of carboxylic acid groups (broad SMARTS) is 1. The number of methoxy groups -OCH3 is 1. The van der Waals surface area contributed by atoms with E-state index in [1.807, 2.05) is 6.92 Å². The number of hydrogen-bond donors (Lipinski definition) is 1. The third kappa shape index (κ3) is 5.37. The largest absolute Gasteiger partial charge is 0.481 e. The van der Waals surface area contributed by atoms with Crippen LogP contribution < -0.4 is 0 Å². The SMILES string of the molecule is CCN(CCC(=O)O)C(=O)C(C)COC. The summed E-state index contributed by atoms with van der Waals surface area (Å²) in [5.41, 5.74) is 0. The molecule has 0 aliphatic carbocycles. The third-order valence-electron chi connectivity index (χ3n) is 2.13. The summed E-state index contributed by atoms with van der Waals surface area (Å²) in [5.74, 6) is -1.16. The molecule has 1 unspecified atom stereocenters. The number of carbonyl (C=O) groups excluding carboxylic acids is 1. The highest BCUT2D eigenvalue weighted by Crippen LogP contribution is 2.03. The van der Waals surface area contributed by atoms with Crippen molar-refractivity contribution < 1.29 is 19.4 Å². The molecule has 0 fully saturated rings. The molecule has 15 heavy (non-hydrogen) atoms. The van der Waals surface area contributed by atoms with Crippen molar-refractivity contribution in [3.05, 3.63) is 0 Å². The van der Waals surface area contributed by atoms with Crippen LogP contribution in [-0.4, -0.2) is 48.7 Å². The predicted octanol–water partition coefficient (Wildman–Crippen LogP) is 0.592. The van der Waals surface area contributed by atoms with E-state index in [1.165, 1.54) is 12.0 Å². The molecule has 0 aromatic rings. The number of hydrogen-bond acceptors (Lipinski definition) is 3. The van der Waals surface area contributed by atoms with Gasteiger partial charge in [-0.25, -0.2) is 0 Å². The summed E-state index contributed by atoms with van der Waals surface area (Å²) in [5, 5.41) is 8.52. The molecule has 0 saturated heterocycles. The minimum atomic E-state index is -0.888. The minimum Gasteiger partial charge on any atom is -0.481 e. The van der Waals surface area contributed by atoms with Gasteiger partial charge in [-0.3, -0.25) is 9.59 Å². The molecule has 5 nitrogen and oxygen atoms in total. The Labute approximate surface area is 90.0 Å². The maximum Gasteiger partial charge on any atom is 0.305 e. The first-order valence-electron chi connectivity index (χ1n) is 5.02. The number of nitrogens with zero attached hydrogens (tertiary/aromatic N) is 1. The van der Waals surface area contributed by atoms with Gasteiger partial charge in [-0.2, -0.15) is 0 Å². The Morgan fingerprint density at radius 3 is 2.47 bits per heavy atom. The number of carbonyl (C=O) groups is 2. The van der Waals surface area contributed by atoms with Gasteiger partial charge in [-0.1, -0.05) is 6.92 Å². The van der Waals surface area contributed by atoms with Gasteiger partial charge < -0.3 is 14.7 Å². The lowest BCUT2D eigenvalue weighted by atomic mass is 10.1. The summed E-state index contributed by atoms with van der Waals surface area (Å²) in [4.78, 5) is 23.6. The van der Waals surface area contributed by atoms with Gasteiger partial charge in [0, 0.05) is 20.2 Å². The highest BCUT2D eigenvalue weighted by molar-refractivity contribution is 5.79. The molecule has 0 aliphatic rings. The van der Waals surface area contributed by atoms with Gasteiger partial charge in [0.2, 0.25) is 5.91 Å². The fourth-order valence-corrected chi connectivity index (χ4v) is 1.29. The van der Waals surface area contributed by atoms with Crippen molar-refractivity contribution in [3.8, 4) is 0 Å². The maximum atomic E-state index is 11.7. The highest BCUT2D eigenvalue weighted by atomic mass is 16.5. The standard InChI is InChI=1S/C10H19NO4/c1-4-11(6-5-9(12)13)10(14)8(2)7-15-3/h8H,4-7H2,1-3H3,(H,12,13). The molecular weight excluding hydrogens is 198 g/mol. The van der Waals surface area contributed by atoms with Crippen LogP contribution in [0.5, 0.6) is 0 Å². The third-order valence-corrected chi connectivity index (χ3v) is 2.13. The first-order valence-corrected chi connectivity index (χ1v) is 5.02. The summed E-state index contributed by atoms with van der Waals surface area (Å²) < 4.78 is 4.88. The van der Waals surface area contributed by atoms with Gasteiger partial charge in [-0.15, -0.1) is 0 Å². The highest BCUT2D eigenvalue weighted by Gasteiger charge is 2.19. The quantitative estimate of drug-likeness (QED) is 0.678. The van der Waals surface area contributed by atoms with Crippen molar-refractivity contribution in [2.75, 3.05) is 26.8 Å². The summed E-state index contributed by atoms with van der Waals surface area (Å²) in [6.07, 6.45) is -0.0146. The lowest BCUT2D eigenvalue weighted by molar-refractivity contribution is -0.140. The van der Waals surface area contributed by atoms with E-state index < -0.39 is 5.97 Å². The fourth-order valence-electron chi connectivity index (χ4n) is 1.29. The van der Waals surface area contributed by atoms with Crippen molar-refractivity contribution >= 4 is 11.9 Å². The Kier molecular flexibility index (Phi) is 6.70. The number of rotatable bonds is 7. The van der Waals surface area contributed by atoms with Crippen LogP contribution in [0.3, 0.4) is 0 Å². The van der Waals surface area contributed by atoms with Crippen LogP contribution in [-0.2, 0) is 14.3 Å². The topological polar surface area (TPSA) is 66.8 Å². The van der Waals surface area contributed by atoms with Crippen molar-refractivity contribution in [3.63, 3.8) is 0 Å². The summed E-state index contributed by atoms with van der Waals surface area (Å²) in [7, 11) is 1.54. The van der Waals surface area contributed by atoms with Crippen LogP contribution in [0, 0.1) is 5.92 Å². The lowest BCUT2D eigenvalue weighted by Gasteiger charge is -2.23. The average molecular weight is 217 g/mol. The second kappa shape index (κ2) is 7.23. The van der Waals surface area contributed by atoms with Crippen molar-refractivity contribution in [2.45, 2.75) is 20.3 Å². The Morgan fingerprint density at radius 1 is 1.47 bits per heavy atom. The molecule has 0 heterocycles. The Balaban J connectivity index is 4.14. The van der Waals surface area contributed by atoms with Crippen LogP contribution in [0.2, 0.25) is 0 Å². The zero-order chi connectivity index (χ0) is 11.8. The summed E-state index contributed by atoms with van der Waals surface area (Å²) >= 11 is 0. The number of amides is 1. The van der Waals surface area contributed by atoms with Gasteiger partial charge in [0.15, 0.2) is 0 Å². The molecule has 0 rings (SSSR count). The van der Waals surface area contributed by atoms with Crippen molar-refractivity contribution in [1.82, 2.24) is 4.90 Å². The molecule has 0 radical (unpaired) electrons. The Bertz CT molecular complexity index is 217. The van der Waals surface area contributed by atoms with Crippen LogP contribution >= 0.6 is 0 Å². The zero-order valence-electron chi connectivity index (χ0n) is 9.52. The predicted molar refractivity (Wildman–Crippen MR) is 55.5 cm³/mol. The maximum absolute atomic E-state index is 11.7. The monoisotopic (exact) mass is 217 g/mol. The molecule has 0 bridgehead atoms. The Morgan fingerprint density at radius 2 is 2.07 bits per heavy atom. The molecular formula is C10H19NO4. The summed E-state index contributed by atoms with van der Waals surface area (Å²) in [6, 6.07) is 0. The van der Waals surface area contributed by atoms with Gasteiger partial charge >= 0.3 is 5.97 Å². The molecule has 0 aromatic carbocycles. The molecule has 88 valence electrons. The second-order valence-corrected chi connectivity index (χ2v) is 3.42. The first kappa shape index (κ1) is 13.9. The number of aliphatic carboxylic acids is 1. The van der Waals surface area contributed by atoms with Crippen LogP contribution in [0.25, 0.3) is 0 Å². The molecule has 0 spiro atoms. The first-order chi connectivity index (χ1) is 7.02. The average Bonchev–Trinajstić information content (AvgIpc) is 2.18. The van der Waals surface area contributed by atoms with E-state index in [4.69, 9.17) is 9.84 Å². The molecule has 1 atom stereocenters. The van der Waals surface area contributed by atoms with E-state index >= 15 is 0 Å². The smallest absolute Gasteiger partial charge is 0.305 e. The van der Waals surface area contributed by atoms with E-state index in [9.17, 15) is 9.59 Å². The second-order valence-electron chi connectivity index (χ2n) is 3.42. The molecule has 0 saturated carbocycles. The van der Waals surface area contributed by atoms with E-state index in [2.05, 4.69) is 0 Å². The Hall–Kier alpha value is -1.10. The van der Waals surface area contributed by atoms with Gasteiger partial charge in [0.1, 0.15) is 0 Å².